The topological polar surface area (TPSA) is 20.3 Å². The van der Waals surface area contributed by atoms with Crippen molar-refractivity contribution in [2.75, 3.05) is 29.5 Å². The Morgan fingerprint density at radius 2 is 1.89 bits per heavy atom. The fourth-order valence-electron chi connectivity index (χ4n) is 2.03. The summed E-state index contributed by atoms with van der Waals surface area (Å²) in [5.74, 6) is 1.80. The summed E-state index contributed by atoms with van der Waals surface area (Å²) in [4.78, 5) is 14.3. The monoisotopic (exact) mass is 265 g/mol. The van der Waals surface area contributed by atoms with E-state index in [0.717, 1.165) is 24.4 Å². The number of benzene rings is 1. The van der Waals surface area contributed by atoms with Crippen molar-refractivity contribution in [3.05, 3.63) is 29.3 Å². The first-order valence-electron chi connectivity index (χ1n) is 6.60. The van der Waals surface area contributed by atoms with Gasteiger partial charge in [0.15, 0.2) is 5.78 Å². The molecule has 0 atom stereocenters. The Hall–Kier alpha value is -0.960. The third-order valence-electron chi connectivity index (χ3n) is 3.06. The van der Waals surface area contributed by atoms with Crippen LogP contribution >= 0.6 is 11.8 Å². The van der Waals surface area contributed by atoms with Gasteiger partial charge >= 0.3 is 0 Å². The molecule has 0 aromatic heterocycles. The number of hydrogen-bond acceptors (Lipinski definition) is 3. The molecule has 18 heavy (non-hydrogen) atoms. The van der Waals surface area contributed by atoms with Crippen molar-refractivity contribution in [1.82, 2.24) is 0 Å². The number of carbonyl (C=O) groups excluding carboxylic acids is 1. The highest BCUT2D eigenvalue weighted by Gasteiger charge is 2.10. The maximum Gasteiger partial charge on any atom is 0.172 e. The summed E-state index contributed by atoms with van der Waals surface area (Å²) in [6.07, 6.45) is 0. The first-order chi connectivity index (χ1) is 8.63. The lowest BCUT2D eigenvalue weighted by Gasteiger charge is -2.23. The second-order valence-corrected chi connectivity index (χ2v) is 5.51. The summed E-state index contributed by atoms with van der Waals surface area (Å²) in [6.45, 7) is 10.5. The number of nitrogens with zero attached hydrogens (tertiary/aromatic N) is 1. The van der Waals surface area contributed by atoms with Gasteiger partial charge in [-0.05, 0) is 50.3 Å². The molecule has 0 aliphatic rings. The molecule has 0 spiro atoms. The largest absolute Gasteiger partial charge is 0.372 e. The van der Waals surface area contributed by atoms with Crippen LogP contribution < -0.4 is 4.90 Å². The molecule has 1 rings (SSSR count). The van der Waals surface area contributed by atoms with Gasteiger partial charge < -0.3 is 4.90 Å². The van der Waals surface area contributed by atoms with Gasteiger partial charge in [0.1, 0.15) is 0 Å². The second kappa shape index (κ2) is 7.47. The van der Waals surface area contributed by atoms with Crippen LogP contribution in [0.4, 0.5) is 5.69 Å². The number of ketones is 1. The van der Waals surface area contributed by atoms with Crippen LogP contribution in [-0.4, -0.2) is 30.4 Å². The van der Waals surface area contributed by atoms with E-state index < -0.39 is 0 Å². The molecule has 2 nitrogen and oxygen atoms in total. The molecular weight excluding hydrogens is 242 g/mol. The highest BCUT2D eigenvalue weighted by Crippen LogP contribution is 2.21. The quantitative estimate of drug-likeness (QED) is 0.700. The standard InChI is InChI=1S/C15H23NOS/c1-5-16(6-2)14-9-8-13(10-12(14)4)15(17)11-18-7-3/h8-10H,5-7,11H2,1-4H3. The zero-order chi connectivity index (χ0) is 13.5. The van der Waals surface area contributed by atoms with E-state index in [9.17, 15) is 4.79 Å². The average molecular weight is 265 g/mol. The van der Waals surface area contributed by atoms with E-state index >= 15 is 0 Å². The Morgan fingerprint density at radius 1 is 1.22 bits per heavy atom. The number of rotatable bonds is 7. The van der Waals surface area contributed by atoms with E-state index in [2.05, 4.69) is 38.7 Å². The first kappa shape index (κ1) is 15.1. The molecule has 0 saturated heterocycles. The van der Waals surface area contributed by atoms with Gasteiger partial charge in [-0.15, -0.1) is 0 Å². The number of Topliss-reactive ketones (excluding diaryl/α,β-unsaturated/α-hetero) is 1. The Bertz CT molecular complexity index is 399. The van der Waals surface area contributed by atoms with Crippen molar-refractivity contribution in [2.24, 2.45) is 0 Å². The zero-order valence-corrected chi connectivity index (χ0v) is 12.6. The first-order valence-corrected chi connectivity index (χ1v) is 7.76. The lowest BCUT2D eigenvalue weighted by Crippen LogP contribution is -2.22. The summed E-state index contributed by atoms with van der Waals surface area (Å²) in [6, 6.07) is 6.05. The molecule has 0 amide bonds. The molecule has 1 aromatic rings. The third-order valence-corrected chi connectivity index (χ3v) is 3.93. The van der Waals surface area contributed by atoms with E-state index in [4.69, 9.17) is 0 Å². The summed E-state index contributed by atoms with van der Waals surface area (Å²) < 4.78 is 0. The van der Waals surface area contributed by atoms with Gasteiger partial charge in [0.25, 0.3) is 0 Å². The molecule has 100 valence electrons. The molecule has 0 saturated carbocycles. The molecule has 0 heterocycles. The van der Waals surface area contributed by atoms with E-state index in [1.165, 1.54) is 11.3 Å². The van der Waals surface area contributed by atoms with Crippen LogP contribution in [0.25, 0.3) is 0 Å². The van der Waals surface area contributed by atoms with E-state index in [1.54, 1.807) is 11.8 Å². The molecule has 0 bridgehead atoms. The Kier molecular flexibility index (Phi) is 6.27. The van der Waals surface area contributed by atoms with E-state index in [1.807, 2.05) is 12.1 Å². The number of thioether (sulfide) groups is 1. The zero-order valence-electron chi connectivity index (χ0n) is 11.8. The summed E-state index contributed by atoms with van der Waals surface area (Å²) in [5.41, 5.74) is 3.26. The molecule has 0 N–H and O–H groups in total. The lowest BCUT2D eigenvalue weighted by molar-refractivity contribution is 0.102. The summed E-state index contributed by atoms with van der Waals surface area (Å²) in [5, 5.41) is 0. The smallest absolute Gasteiger partial charge is 0.172 e. The van der Waals surface area contributed by atoms with Gasteiger partial charge in [-0.1, -0.05) is 6.92 Å². The van der Waals surface area contributed by atoms with Gasteiger partial charge in [-0.25, -0.2) is 0 Å². The number of aryl methyl sites for hydroxylation is 1. The summed E-state index contributed by atoms with van der Waals surface area (Å²) >= 11 is 1.68. The molecule has 0 aliphatic heterocycles. The van der Waals surface area contributed by atoms with Crippen molar-refractivity contribution in [1.29, 1.82) is 0 Å². The molecule has 0 aliphatic carbocycles. The summed E-state index contributed by atoms with van der Waals surface area (Å²) in [7, 11) is 0. The van der Waals surface area contributed by atoms with Crippen LogP contribution in [0.2, 0.25) is 0 Å². The maximum absolute atomic E-state index is 11.9. The van der Waals surface area contributed by atoms with Gasteiger partial charge in [0.2, 0.25) is 0 Å². The maximum atomic E-state index is 11.9. The predicted octanol–water partition coefficient (Wildman–Crippen LogP) is 3.78. The highest BCUT2D eigenvalue weighted by molar-refractivity contribution is 7.99. The van der Waals surface area contributed by atoms with Crippen molar-refractivity contribution in [3.8, 4) is 0 Å². The van der Waals surface area contributed by atoms with Crippen LogP contribution in [0.1, 0.15) is 36.7 Å². The molecule has 3 heteroatoms. The molecule has 0 unspecified atom stereocenters. The minimum atomic E-state index is 0.232. The number of anilines is 1. The molecule has 0 fully saturated rings. The SMILES string of the molecule is CCSCC(=O)c1ccc(N(CC)CC)c(C)c1. The van der Waals surface area contributed by atoms with Crippen LogP contribution in [0, 0.1) is 6.92 Å². The van der Waals surface area contributed by atoms with Gasteiger partial charge in [0.05, 0.1) is 5.75 Å². The van der Waals surface area contributed by atoms with Gasteiger partial charge in [0, 0.05) is 24.3 Å². The Morgan fingerprint density at radius 3 is 2.39 bits per heavy atom. The number of carbonyl (C=O) groups is 1. The van der Waals surface area contributed by atoms with Crippen LogP contribution in [0.15, 0.2) is 18.2 Å². The van der Waals surface area contributed by atoms with E-state index in [-0.39, 0.29) is 5.78 Å². The molecule has 1 aromatic carbocycles. The fourth-order valence-corrected chi connectivity index (χ4v) is 2.58. The van der Waals surface area contributed by atoms with E-state index in [0.29, 0.717) is 5.75 Å². The van der Waals surface area contributed by atoms with Gasteiger partial charge in [-0.3, -0.25) is 4.79 Å². The minimum Gasteiger partial charge on any atom is -0.372 e. The van der Waals surface area contributed by atoms with Crippen molar-refractivity contribution < 1.29 is 4.79 Å². The highest BCUT2D eigenvalue weighted by atomic mass is 32.2. The Balaban J connectivity index is 2.88. The second-order valence-electron chi connectivity index (χ2n) is 4.23. The van der Waals surface area contributed by atoms with Crippen LogP contribution in [-0.2, 0) is 0 Å². The fraction of sp³-hybridized carbons (Fsp3) is 0.533. The third kappa shape index (κ3) is 3.77. The average Bonchev–Trinajstić information content (AvgIpc) is 2.39. The molecular formula is C15H23NOS. The number of hydrogen-bond donors (Lipinski definition) is 0. The Labute approximate surface area is 115 Å². The van der Waals surface area contributed by atoms with Crippen LogP contribution in [0.3, 0.4) is 0 Å². The predicted molar refractivity (Wildman–Crippen MR) is 82.1 cm³/mol. The normalized spacial score (nSPS) is 10.4. The molecule has 0 radical (unpaired) electrons. The minimum absolute atomic E-state index is 0.232. The van der Waals surface area contributed by atoms with Gasteiger partial charge in [-0.2, -0.15) is 11.8 Å². The van der Waals surface area contributed by atoms with Crippen molar-refractivity contribution in [3.63, 3.8) is 0 Å². The van der Waals surface area contributed by atoms with Crippen molar-refractivity contribution in [2.45, 2.75) is 27.7 Å². The lowest BCUT2D eigenvalue weighted by atomic mass is 10.1. The van der Waals surface area contributed by atoms with Crippen molar-refractivity contribution >= 4 is 23.2 Å². The van der Waals surface area contributed by atoms with Crippen LogP contribution in [0.5, 0.6) is 0 Å².